The Bertz CT molecular complexity index is 525. The number of morpholine rings is 1. The molecule has 0 radical (unpaired) electrons. The molecule has 122 valence electrons. The number of nitrogens with zero attached hydrogens (tertiary/aromatic N) is 3. The summed E-state index contributed by atoms with van der Waals surface area (Å²) in [7, 11) is 0. The van der Waals surface area contributed by atoms with Gasteiger partial charge in [-0.2, -0.15) is 0 Å². The van der Waals surface area contributed by atoms with Crippen molar-refractivity contribution < 1.29 is 9.53 Å². The molecule has 0 spiro atoms. The molecule has 2 aliphatic rings. The van der Waals surface area contributed by atoms with E-state index in [0.29, 0.717) is 12.0 Å². The molecule has 2 atom stereocenters. The first-order valence-corrected chi connectivity index (χ1v) is 8.98. The normalized spacial score (nSPS) is 26.8. The minimum absolute atomic E-state index is 0.146. The van der Waals surface area contributed by atoms with E-state index in [9.17, 15) is 4.79 Å². The van der Waals surface area contributed by atoms with Crippen molar-refractivity contribution in [1.82, 2.24) is 14.8 Å². The summed E-state index contributed by atoms with van der Waals surface area (Å²) in [5.74, 6) is 0.524. The summed E-state index contributed by atoms with van der Waals surface area (Å²) < 4.78 is 5.43. The summed E-state index contributed by atoms with van der Waals surface area (Å²) in [6.45, 7) is 10.8. The Morgan fingerprint density at radius 3 is 2.73 bits per heavy atom. The maximum atomic E-state index is 12.8. The second-order valence-electron chi connectivity index (χ2n) is 6.46. The van der Waals surface area contributed by atoms with Crippen LogP contribution in [0.4, 0.5) is 0 Å². The maximum Gasteiger partial charge on any atom is 0.265 e. The topological polar surface area (TPSA) is 45.7 Å². The highest BCUT2D eigenvalue weighted by atomic mass is 32.1. The molecular weight excluding hydrogens is 298 g/mol. The first-order valence-electron chi connectivity index (χ1n) is 8.16. The lowest BCUT2D eigenvalue weighted by Gasteiger charge is -2.35. The van der Waals surface area contributed by atoms with Gasteiger partial charge in [0.2, 0.25) is 0 Å². The zero-order valence-electron chi connectivity index (χ0n) is 13.6. The van der Waals surface area contributed by atoms with E-state index >= 15 is 0 Å². The molecule has 2 aliphatic heterocycles. The minimum Gasteiger partial charge on any atom is -0.379 e. The smallest absolute Gasteiger partial charge is 0.265 e. The van der Waals surface area contributed by atoms with Crippen LogP contribution in [0.5, 0.6) is 0 Å². The van der Waals surface area contributed by atoms with Crippen molar-refractivity contribution in [1.29, 1.82) is 0 Å². The summed E-state index contributed by atoms with van der Waals surface area (Å²) in [4.78, 5) is 22.4. The summed E-state index contributed by atoms with van der Waals surface area (Å²) in [6.07, 6.45) is 2.81. The fraction of sp³-hybridized carbons (Fsp3) is 0.750. The highest BCUT2D eigenvalue weighted by molar-refractivity contribution is 7.13. The molecule has 0 unspecified atom stereocenters. The third kappa shape index (κ3) is 3.05. The monoisotopic (exact) mass is 323 g/mol. The number of rotatable bonds is 3. The summed E-state index contributed by atoms with van der Waals surface area (Å²) in [6, 6.07) is 0.723. The van der Waals surface area contributed by atoms with Crippen LogP contribution in [0.15, 0.2) is 6.20 Å². The van der Waals surface area contributed by atoms with Gasteiger partial charge in [-0.15, -0.1) is 11.3 Å². The van der Waals surface area contributed by atoms with E-state index in [4.69, 9.17) is 4.74 Å². The van der Waals surface area contributed by atoms with Gasteiger partial charge < -0.3 is 9.64 Å². The quantitative estimate of drug-likeness (QED) is 0.855. The van der Waals surface area contributed by atoms with Gasteiger partial charge >= 0.3 is 0 Å². The average Bonchev–Trinajstić information content (AvgIpc) is 3.14. The molecule has 0 saturated carbocycles. The number of likely N-dealkylation sites (tertiary alicyclic amines) is 1. The predicted octanol–water partition coefficient (Wildman–Crippen LogP) is 2.20. The van der Waals surface area contributed by atoms with Crippen molar-refractivity contribution in [2.75, 3.05) is 32.8 Å². The molecule has 3 heterocycles. The molecule has 22 heavy (non-hydrogen) atoms. The Hall–Kier alpha value is -0.980. The van der Waals surface area contributed by atoms with Crippen LogP contribution in [0, 0.1) is 0 Å². The molecule has 0 N–H and O–H groups in total. The van der Waals surface area contributed by atoms with Gasteiger partial charge in [0.1, 0.15) is 4.88 Å². The zero-order chi connectivity index (χ0) is 15.7. The predicted molar refractivity (Wildman–Crippen MR) is 87.5 cm³/mol. The van der Waals surface area contributed by atoms with Gasteiger partial charge in [-0.3, -0.25) is 9.69 Å². The molecule has 0 bridgehead atoms. The number of aromatic nitrogens is 1. The Morgan fingerprint density at radius 1 is 1.36 bits per heavy atom. The molecule has 5 nitrogen and oxygen atoms in total. The van der Waals surface area contributed by atoms with E-state index in [-0.39, 0.29) is 11.9 Å². The lowest BCUT2D eigenvalue weighted by atomic mass is 10.1. The summed E-state index contributed by atoms with van der Waals surface area (Å²) in [5, 5.41) is 1.04. The largest absolute Gasteiger partial charge is 0.379 e. The fourth-order valence-electron chi connectivity index (χ4n) is 3.40. The Balaban J connectivity index is 1.68. The van der Waals surface area contributed by atoms with Crippen LogP contribution in [-0.4, -0.2) is 65.6 Å². The Morgan fingerprint density at radius 2 is 2.09 bits per heavy atom. The van der Waals surface area contributed by atoms with Crippen molar-refractivity contribution >= 4 is 17.2 Å². The van der Waals surface area contributed by atoms with Gasteiger partial charge in [-0.05, 0) is 13.3 Å². The highest BCUT2D eigenvalue weighted by Crippen LogP contribution is 2.28. The van der Waals surface area contributed by atoms with E-state index < -0.39 is 0 Å². The van der Waals surface area contributed by atoms with E-state index in [1.54, 1.807) is 6.20 Å². The van der Waals surface area contributed by atoms with Gasteiger partial charge in [0, 0.05) is 37.6 Å². The number of ether oxygens (including phenoxy) is 1. The third-order valence-corrected chi connectivity index (χ3v) is 6.00. The van der Waals surface area contributed by atoms with E-state index in [2.05, 4.69) is 30.7 Å². The molecule has 0 aliphatic carbocycles. The van der Waals surface area contributed by atoms with Crippen LogP contribution >= 0.6 is 11.3 Å². The molecule has 1 aromatic heterocycles. The highest BCUT2D eigenvalue weighted by Gasteiger charge is 2.38. The number of carbonyl (C=O) groups is 1. The zero-order valence-corrected chi connectivity index (χ0v) is 14.4. The van der Waals surface area contributed by atoms with Crippen LogP contribution < -0.4 is 0 Å². The molecule has 6 heteroatoms. The van der Waals surface area contributed by atoms with Crippen LogP contribution in [-0.2, 0) is 4.74 Å². The standard InChI is InChI=1S/C16H25N3O2S/c1-11(2)15-17-10-14(22-15)16(20)19-5-4-13(12(19)3)18-6-8-21-9-7-18/h10-13H,4-9H2,1-3H3/t12-,13-/m1/s1. The Kier molecular flexibility index (Phi) is 4.80. The molecule has 2 fully saturated rings. The van der Waals surface area contributed by atoms with Crippen LogP contribution in [0.2, 0.25) is 0 Å². The van der Waals surface area contributed by atoms with E-state index in [1.165, 1.54) is 11.3 Å². The molecule has 0 aromatic carbocycles. The third-order valence-electron chi connectivity index (χ3n) is 4.72. The molecule has 2 saturated heterocycles. The maximum absolute atomic E-state index is 12.8. The number of hydrogen-bond donors (Lipinski definition) is 0. The summed E-state index contributed by atoms with van der Waals surface area (Å²) >= 11 is 1.54. The van der Waals surface area contributed by atoms with Crippen molar-refractivity contribution in [2.24, 2.45) is 0 Å². The SMILES string of the molecule is CC(C)c1ncc(C(=O)N2CC[C@@H](N3CCOCC3)[C@H]2C)s1. The van der Waals surface area contributed by atoms with Crippen LogP contribution in [0.1, 0.15) is 47.8 Å². The van der Waals surface area contributed by atoms with Crippen molar-refractivity contribution in [3.63, 3.8) is 0 Å². The number of thiazole rings is 1. The fourth-order valence-corrected chi connectivity index (χ4v) is 4.28. The molecule has 1 amide bonds. The average molecular weight is 323 g/mol. The lowest BCUT2D eigenvalue weighted by Crippen LogP contribution is -2.49. The first kappa shape index (κ1) is 15.9. The number of carbonyl (C=O) groups excluding carboxylic acids is 1. The van der Waals surface area contributed by atoms with E-state index in [0.717, 1.165) is 49.2 Å². The lowest BCUT2D eigenvalue weighted by molar-refractivity contribution is 0.0105. The molecule has 1 aromatic rings. The second kappa shape index (κ2) is 6.64. The van der Waals surface area contributed by atoms with Crippen LogP contribution in [0.3, 0.4) is 0 Å². The minimum atomic E-state index is 0.146. The van der Waals surface area contributed by atoms with Gasteiger partial charge in [0.05, 0.1) is 24.4 Å². The number of hydrogen-bond acceptors (Lipinski definition) is 5. The second-order valence-corrected chi connectivity index (χ2v) is 7.52. The Labute approximate surface area is 136 Å². The van der Waals surface area contributed by atoms with E-state index in [1.807, 2.05) is 4.90 Å². The van der Waals surface area contributed by atoms with Crippen molar-refractivity contribution in [3.05, 3.63) is 16.1 Å². The van der Waals surface area contributed by atoms with Gasteiger partial charge in [-0.25, -0.2) is 4.98 Å². The van der Waals surface area contributed by atoms with Crippen molar-refractivity contribution in [3.8, 4) is 0 Å². The van der Waals surface area contributed by atoms with Crippen LogP contribution in [0.25, 0.3) is 0 Å². The van der Waals surface area contributed by atoms with Gasteiger partial charge in [-0.1, -0.05) is 13.8 Å². The van der Waals surface area contributed by atoms with Gasteiger partial charge in [0.15, 0.2) is 0 Å². The molecule has 3 rings (SSSR count). The first-order chi connectivity index (χ1) is 10.6. The van der Waals surface area contributed by atoms with Crippen molar-refractivity contribution in [2.45, 2.75) is 45.2 Å². The summed E-state index contributed by atoms with van der Waals surface area (Å²) in [5.41, 5.74) is 0. The number of amides is 1. The molecular formula is C16H25N3O2S. The van der Waals surface area contributed by atoms with Gasteiger partial charge in [0.25, 0.3) is 5.91 Å².